The molecule has 3 heteroatoms. The molecule has 0 amide bonds. The van der Waals surface area contributed by atoms with Crippen molar-refractivity contribution < 1.29 is 0 Å². The minimum Gasteiger partial charge on any atom is -0.171 e. The van der Waals surface area contributed by atoms with Gasteiger partial charge in [0.2, 0.25) is 0 Å². The van der Waals surface area contributed by atoms with E-state index in [9.17, 15) is 0 Å². The highest BCUT2D eigenvalue weighted by molar-refractivity contribution is 7.81. The molecule has 1 aliphatic heterocycles. The lowest BCUT2D eigenvalue weighted by atomic mass is 10.6. The van der Waals surface area contributed by atoms with E-state index in [1.807, 2.05) is 6.08 Å². The van der Waals surface area contributed by atoms with Crippen molar-refractivity contribution in [3.8, 4) is 0 Å². The number of thiol groups is 1. The highest BCUT2D eigenvalue weighted by atomic mass is 32.1. The van der Waals surface area contributed by atoms with E-state index >= 15 is 0 Å². The third-order valence-corrected chi connectivity index (χ3v) is 0.785. The zero-order chi connectivity index (χ0) is 4.41. The fourth-order valence-corrected chi connectivity index (χ4v) is 0.397. The van der Waals surface area contributed by atoms with Crippen LogP contribution in [0.15, 0.2) is 22.5 Å². The Kier molecular flexibility index (Phi) is 0.919. The summed E-state index contributed by atoms with van der Waals surface area (Å²) in [7, 11) is 0. The quantitative estimate of drug-likeness (QED) is 0.443. The molecule has 0 fully saturated rings. The van der Waals surface area contributed by atoms with Crippen LogP contribution in [-0.4, -0.2) is 5.37 Å². The molecule has 1 aliphatic rings. The van der Waals surface area contributed by atoms with Crippen LogP contribution < -0.4 is 0 Å². The van der Waals surface area contributed by atoms with Gasteiger partial charge in [0.1, 0.15) is 5.37 Å². The lowest BCUT2D eigenvalue weighted by Gasteiger charge is -1.80. The van der Waals surface area contributed by atoms with Gasteiger partial charge in [-0.15, -0.1) is 12.6 Å². The SMILES string of the molecule is SC1C=CN=N1. The van der Waals surface area contributed by atoms with Gasteiger partial charge >= 0.3 is 0 Å². The summed E-state index contributed by atoms with van der Waals surface area (Å²) in [6.07, 6.45) is 3.45. The monoisotopic (exact) mass is 100 g/mol. The molecule has 0 bridgehead atoms. The van der Waals surface area contributed by atoms with E-state index in [2.05, 4.69) is 22.9 Å². The molecule has 0 aromatic carbocycles. The smallest absolute Gasteiger partial charge is 0.134 e. The predicted molar refractivity (Wildman–Crippen MR) is 26.8 cm³/mol. The minimum atomic E-state index is 0.0185. The molecular weight excluding hydrogens is 96.1 g/mol. The topological polar surface area (TPSA) is 24.7 Å². The number of nitrogens with zero attached hydrogens (tertiary/aromatic N) is 2. The van der Waals surface area contributed by atoms with Crippen molar-refractivity contribution in [3.63, 3.8) is 0 Å². The first-order valence-corrected chi connectivity index (χ1v) is 2.16. The molecule has 6 heavy (non-hydrogen) atoms. The lowest BCUT2D eigenvalue weighted by Crippen LogP contribution is -1.76. The molecule has 0 spiro atoms. The molecule has 1 rings (SSSR count). The zero-order valence-corrected chi connectivity index (χ0v) is 3.97. The van der Waals surface area contributed by atoms with Gasteiger partial charge in [0.25, 0.3) is 0 Å². The van der Waals surface area contributed by atoms with Gasteiger partial charge in [0, 0.05) is 6.20 Å². The fourth-order valence-electron chi connectivity index (χ4n) is 0.261. The Labute approximate surface area is 41.4 Å². The van der Waals surface area contributed by atoms with Gasteiger partial charge in [0.05, 0.1) is 0 Å². The van der Waals surface area contributed by atoms with Gasteiger partial charge in [-0.3, -0.25) is 0 Å². The summed E-state index contributed by atoms with van der Waals surface area (Å²) in [4.78, 5) is 0. The predicted octanol–water partition coefficient (Wildman–Crippen LogP) is 1.22. The van der Waals surface area contributed by atoms with Crippen LogP contribution in [0.2, 0.25) is 0 Å². The van der Waals surface area contributed by atoms with Crippen LogP contribution in [0.5, 0.6) is 0 Å². The van der Waals surface area contributed by atoms with Crippen molar-refractivity contribution in [2.45, 2.75) is 5.37 Å². The molecule has 32 valence electrons. The first kappa shape index (κ1) is 3.87. The number of hydrogen-bond donors (Lipinski definition) is 1. The zero-order valence-electron chi connectivity index (χ0n) is 3.07. The third-order valence-electron chi connectivity index (χ3n) is 0.510. The van der Waals surface area contributed by atoms with Crippen LogP contribution >= 0.6 is 12.6 Å². The second-order valence-corrected chi connectivity index (χ2v) is 1.52. The van der Waals surface area contributed by atoms with E-state index in [0.717, 1.165) is 0 Å². The summed E-state index contributed by atoms with van der Waals surface area (Å²) in [5.74, 6) is 0. The molecule has 0 saturated carbocycles. The van der Waals surface area contributed by atoms with Gasteiger partial charge in [0.15, 0.2) is 0 Å². The van der Waals surface area contributed by atoms with Crippen LogP contribution in [0.25, 0.3) is 0 Å². The van der Waals surface area contributed by atoms with Crippen molar-refractivity contribution >= 4 is 12.6 Å². The summed E-state index contributed by atoms with van der Waals surface area (Å²) in [6, 6.07) is 0. The van der Waals surface area contributed by atoms with E-state index in [4.69, 9.17) is 0 Å². The Bertz CT molecular complexity index is 85.0. The molecule has 1 atom stereocenters. The van der Waals surface area contributed by atoms with Crippen LogP contribution in [-0.2, 0) is 0 Å². The first-order valence-electron chi connectivity index (χ1n) is 1.64. The molecule has 0 aromatic heterocycles. The van der Waals surface area contributed by atoms with Crippen molar-refractivity contribution in [1.82, 2.24) is 0 Å². The lowest BCUT2D eigenvalue weighted by molar-refractivity contribution is 1.08. The van der Waals surface area contributed by atoms with Crippen LogP contribution in [0.4, 0.5) is 0 Å². The average molecular weight is 100 g/mol. The van der Waals surface area contributed by atoms with Gasteiger partial charge in [-0.1, -0.05) is 0 Å². The summed E-state index contributed by atoms with van der Waals surface area (Å²) in [6.45, 7) is 0. The minimum absolute atomic E-state index is 0.0185. The summed E-state index contributed by atoms with van der Waals surface area (Å²) in [5.41, 5.74) is 0. The Morgan fingerprint density at radius 1 is 1.67 bits per heavy atom. The summed E-state index contributed by atoms with van der Waals surface area (Å²) in [5, 5.41) is 7.17. The maximum Gasteiger partial charge on any atom is 0.134 e. The van der Waals surface area contributed by atoms with Gasteiger partial charge in [-0.25, -0.2) is 0 Å². The van der Waals surface area contributed by atoms with Crippen LogP contribution in [0.1, 0.15) is 0 Å². The summed E-state index contributed by atoms with van der Waals surface area (Å²) < 4.78 is 0. The molecule has 0 radical (unpaired) electrons. The van der Waals surface area contributed by atoms with Crippen LogP contribution in [0.3, 0.4) is 0 Å². The van der Waals surface area contributed by atoms with Crippen LogP contribution in [0, 0.1) is 0 Å². The Morgan fingerprint density at radius 3 is 2.67 bits per heavy atom. The molecule has 0 aliphatic carbocycles. The number of azo groups is 1. The number of rotatable bonds is 0. The molecule has 1 heterocycles. The van der Waals surface area contributed by atoms with Gasteiger partial charge < -0.3 is 0 Å². The number of hydrogen-bond acceptors (Lipinski definition) is 3. The van der Waals surface area contributed by atoms with Crippen molar-refractivity contribution in [3.05, 3.63) is 12.3 Å². The molecule has 2 nitrogen and oxygen atoms in total. The van der Waals surface area contributed by atoms with Gasteiger partial charge in [-0.05, 0) is 6.08 Å². The maximum absolute atomic E-state index is 3.95. The molecular formula is C3H4N2S. The van der Waals surface area contributed by atoms with E-state index < -0.39 is 0 Å². The van der Waals surface area contributed by atoms with Crippen molar-refractivity contribution in [2.24, 2.45) is 10.2 Å². The Balaban J connectivity index is 2.60. The van der Waals surface area contributed by atoms with E-state index in [-0.39, 0.29) is 5.37 Å². The molecule has 1 unspecified atom stereocenters. The molecule has 0 aromatic rings. The molecule has 0 N–H and O–H groups in total. The Hall–Kier alpha value is -0.310. The van der Waals surface area contributed by atoms with Gasteiger partial charge in [-0.2, -0.15) is 10.2 Å². The van der Waals surface area contributed by atoms with E-state index in [1.54, 1.807) is 6.20 Å². The molecule has 0 saturated heterocycles. The fraction of sp³-hybridized carbons (Fsp3) is 0.333. The maximum atomic E-state index is 3.95. The third kappa shape index (κ3) is 0.597. The van der Waals surface area contributed by atoms with E-state index in [0.29, 0.717) is 0 Å². The van der Waals surface area contributed by atoms with Crippen molar-refractivity contribution in [2.75, 3.05) is 0 Å². The first-order chi connectivity index (χ1) is 2.89. The standard InChI is InChI=1S/C3H4N2S/c6-3-1-2-4-5-3/h1-3,6H. The summed E-state index contributed by atoms with van der Waals surface area (Å²) >= 11 is 3.95. The highest BCUT2D eigenvalue weighted by Gasteiger charge is 1.93. The second kappa shape index (κ2) is 1.43. The second-order valence-electron chi connectivity index (χ2n) is 0.986. The Morgan fingerprint density at radius 2 is 2.50 bits per heavy atom. The highest BCUT2D eigenvalue weighted by Crippen LogP contribution is 2.05. The van der Waals surface area contributed by atoms with E-state index in [1.165, 1.54) is 0 Å². The normalized spacial score (nSPS) is 29.2. The van der Waals surface area contributed by atoms with Crippen molar-refractivity contribution in [1.29, 1.82) is 0 Å². The average Bonchev–Trinajstić information content (AvgIpc) is 1.86. The largest absolute Gasteiger partial charge is 0.171 e.